The summed E-state index contributed by atoms with van der Waals surface area (Å²) in [7, 11) is 0. The lowest BCUT2D eigenvalue weighted by Crippen LogP contribution is -2.56. The number of piperazine rings is 2. The van der Waals surface area contributed by atoms with E-state index in [1.54, 1.807) is 18.2 Å². The van der Waals surface area contributed by atoms with Crippen LogP contribution >= 0.6 is 0 Å². The molecule has 0 aromatic heterocycles. The van der Waals surface area contributed by atoms with Crippen molar-refractivity contribution in [2.45, 2.75) is 77.5 Å². The van der Waals surface area contributed by atoms with Crippen molar-refractivity contribution in [2.75, 3.05) is 52.4 Å². The van der Waals surface area contributed by atoms with Crippen LogP contribution < -0.4 is 0 Å². The van der Waals surface area contributed by atoms with Crippen LogP contribution in [0.25, 0.3) is 0 Å². The topological polar surface area (TPSA) is 76.6 Å². The third-order valence-corrected chi connectivity index (χ3v) is 9.97. The van der Waals surface area contributed by atoms with Crippen LogP contribution in [0.3, 0.4) is 0 Å². The van der Waals surface area contributed by atoms with E-state index in [1.165, 1.54) is 6.07 Å². The van der Waals surface area contributed by atoms with Crippen LogP contribution in [0, 0.1) is 5.82 Å². The van der Waals surface area contributed by atoms with Crippen molar-refractivity contribution in [1.82, 2.24) is 19.6 Å². The van der Waals surface area contributed by atoms with Crippen molar-refractivity contribution < 1.29 is 23.8 Å². The van der Waals surface area contributed by atoms with Gasteiger partial charge >= 0.3 is 5.97 Å². The quantitative estimate of drug-likeness (QED) is 0.155. The molecular formula is C40H53FN4O4. The fourth-order valence-corrected chi connectivity index (χ4v) is 7.34. The monoisotopic (exact) mass is 672 g/mol. The highest BCUT2D eigenvalue weighted by Crippen LogP contribution is 2.35. The summed E-state index contributed by atoms with van der Waals surface area (Å²) in [5.41, 5.74) is 3.66. The maximum atomic E-state index is 13.9. The van der Waals surface area contributed by atoms with Crippen molar-refractivity contribution in [3.63, 3.8) is 0 Å². The molecule has 3 atom stereocenters. The Morgan fingerprint density at radius 3 is 2.31 bits per heavy atom. The smallest absolute Gasteiger partial charge is 0.305 e. The van der Waals surface area contributed by atoms with E-state index in [0.717, 1.165) is 75.1 Å². The summed E-state index contributed by atoms with van der Waals surface area (Å²) >= 11 is 0. The lowest BCUT2D eigenvalue weighted by molar-refractivity contribution is -0.143. The molecule has 5 rings (SSSR count). The highest BCUT2D eigenvalue weighted by Gasteiger charge is 2.35. The van der Waals surface area contributed by atoms with Crippen molar-refractivity contribution in [2.24, 2.45) is 0 Å². The van der Waals surface area contributed by atoms with Gasteiger partial charge in [0.15, 0.2) is 0 Å². The number of nitrogens with zero attached hydrogens (tertiary/aromatic N) is 4. The molecule has 3 aromatic rings. The number of hydrogen-bond acceptors (Lipinski definition) is 7. The van der Waals surface area contributed by atoms with Gasteiger partial charge in [-0.05, 0) is 93.2 Å². The Kier molecular flexibility index (Phi) is 13.2. The molecule has 264 valence electrons. The van der Waals surface area contributed by atoms with E-state index < -0.39 is 0 Å². The number of rotatable bonds is 14. The predicted molar refractivity (Wildman–Crippen MR) is 191 cm³/mol. The number of hydrogen-bond donors (Lipinski definition) is 1. The molecule has 2 aliphatic rings. The number of carbonyl (C=O) groups is 2. The number of halogens is 1. The van der Waals surface area contributed by atoms with Gasteiger partial charge in [0, 0.05) is 69.9 Å². The first kappa shape index (κ1) is 36.5. The number of carbonyl (C=O) groups excluding carboxylic acids is 2. The molecule has 2 fully saturated rings. The van der Waals surface area contributed by atoms with Crippen LogP contribution in [0.15, 0.2) is 72.8 Å². The molecule has 1 amide bonds. The van der Waals surface area contributed by atoms with E-state index in [-0.39, 0.29) is 41.6 Å². The molecule has 0 bridgehead atoms. The molecule has 1 unspecified atom stereocenters. The van der Waals surface area contributed by atoms with Crippen molar-refractivity contribution in [3.05, 3.63) is 101 Å². The number of amides is 1. The van der Waals surface area contributed by atoms with Gasteiger partial charge in [0.1, 0.15) is 11.6 Å². The summed E-state index contributed by atoms with van der Waals surface area (Å²) in [6.07, 6.45) is 4.57. The van der Waals surface area contributed by atoms with Crippen LogP contribution in [0.2, 0.25) is 0 Å². The minimum atomic E-state index is -0.215. The van der Waals surface area contributed by atoms with Gasteiger partial charge in [-0.25, -0.2) is 4.39 Å². The molecule has 3 aromatic carbocycles. The minimum absolute atomic E-state index is 0.0523. The van der Waals surface area contributed by atoms with Gasteiger partial charge in [0.25, 0.3) is 5.91 Å². The first-order chi connectivity index (χ1) is 23.7. The van der Waals surface area contributed by atoms with Crippen molar-refractivity contribution in [3.8, 4) is 5.75 Å². The Morgan fingerprint density at radius 1 is 0.857 bits per heavy atom. The number of benzene rings is 3. The zero-order valence-electron chi connectivity index (χ0n) is 29.4. The van der Waals surface area contributed by atoms with E-state index >= 15 is 0 Å². The SMILES string of the molecule is CCOC(=O)CCCCCCN1CCN(C(=O)c2cccc(C(c3cccc(O)c3)N3C[C@@H](C)N(Cc4cccc(F)c4)C[C@H]3C)c2)CC1. The van der Waals surface area contributed by atoms with Crippen LogP contribution in [0.4, 0.5) is 4.39 Å². The van der Waals surface area contributed by atoms with Crippen molar-refractivity contribution >= 4 is 11.9 Å². The number of phenolic OH excluding ortho intramolecular Hbond substituents is 1. The Balaban J connectivity index is 1.22. The molecule has 2 aliphatic heterocycles. The number of esters is 1. The Hall–Kier alpha value is -3.79. The normalized spacial score (nSPS) is 19.9. The lowest BCUT2D eigenvalue weighted by atomic mass is 9.92. The predicted octanol–water partition coefficient (Wildman–Crippen LogP) is 6.49. The van der Waals surface area contributed by atoms with Gasteiger partial charge in [0.2, 0.25) is 0 Å². The van der Waals surface area contributed by atoms with E-state index in [9.17, 15) is 19.1 Å². The average Bonchev–Trinajstić information content (AvgIpc) is 3.09. The Bertz CT molecular complexity index is 1530. The Morgan fingerprint density at radius 2 is 1.57 bits per heavy atom. The summed E-state index contributed by atoms with van der Waals surface area (Å²) < 4.78 is 18.9. The zero-order chi connectivity index (χ0) is 34.8. The molecular weight excluding hydrogens is 619 g/mol. The highest BCUT2D eigenvalue weighted by molar-refractivity contribution is 5.94. The number of aromatic hydroxyl groups is 1. The third-order valence-electron chi connectivity index (χ3n) is 9.97. The standard InChI is InChI=1S/C40H53FN4O4/c1-4-49-38(47)18-7-5-6-8-19-42-20-22-43(23-21-42)40(48)35-15-10-13-33(25-35)39(34-14-11-17-37(46)26-34)45-28-30(2)44(27-31(45)3)29-32-12-9-16-36(41)24-32/h9-17,24-26,30-31,39,46H,4-8,18-23,27-29H2,1-3H3/t30-,31-,39?/m1/s1. The van der Waals surface area contributed by atoms with Gasteiger partial charge in [0.05, 0.1) is 12.6 Å². The molecule has 0 spiro atoms. The molecule has 0 aliphatic carbocycles. The maximum absolute atomic E-state index is 13.9. The summed E-state index contributed by atoms with van der Waals surface area (Å²) in [6.45, 7) is 13.1. The second-order valence-electron chi connectivity index (χ2n) is 13.7. The van der Waals surface area contributed by atoms with Crippen LogP contribution in [0.1, 0.15) is 86.0 Å². The van der Waals surface area contributed by atoms with E-state index in [1.807, 2.05) is 48.2 Å². The summed E-state index contributed by atoms with van der Waals surface area (Å²) in [5, 5.41) is 10.5. The van der Waals surface area contributed by atoms with Crippen LogP contribution in [-0.2, 0) is 16.1 Å². The molecule has 0 saturated carbocycles. The first-order valence-corrected chi connectivity index (χ1v) is 18.0. The molecule has 9 heteroatoms. The van der Waals surface area contributed by atoms with Gasteiger partial charge in [-0.1, -0.05) is 49.2 Å². The van der Waals surface area contributed by atoms with Crippen LogP contribution in [0.5, 0.6) is 5.75 Å². The van der Waals surface area contributed by atoms with E-state index in [2.05, 4.69) is 40.7 Å². The minimum Gasteiger partial charge on any atom is -0.508 e. The number of unbranched alkanes of at least 4 members (excludes halogenated alkanes) is 3. The van der Waals surface area contributed by atoms with E-state index in [0.29, 0.717) is 38.2 Å². The zero-order valence-corrected chi connectivity index (χ0v) is 29.4. The molecule has 0 radical (unpaired) electrons. The lowest BCUT2D eigenvalue weighted by Gasteiger charge is -2.47. The molecule has 2 heterocycles. The number of phenols is 1. The molecule has 2 saturated heterocycles. The number of ether oxygens (including phenoxy) is 1. The van der Waals surface area contributed by atoms with Gasteiger partial charge in [-0.2, -0.15) is 0 Å². The Labute approximate surface area is 291 Å². The summed E-state index contributed by atoms with van der Waals surface area (Å²) in [6, 6.07) is 22.5. The van der Waals surface area contributed by atoms with Gasteiger partial charge in [-0.15, -0.1) is 0 Å². The largest absolute Gasteiger partial charge is 0.508 e. The van der Waals surface area contributed by atoms with Gasteiger partial charge in [-0.3, -0.25) is 24.3 Å². The second kappa shape index (κ2) is 17.7. The molecule has 1 N–H and O–H groups in total. The van der Waals surface area contributed by atoms with Gasteiger partial charge < -0.3 is 14.7 Å². The average molecular weight is 673 g/mol. The summed E-state index contributed by atoms with van der Waals surface area (Å²) in [4.78, 5) is 34.6. The first-order valence-electron chi connectivity index (χ1n) is 18.0. The third kappa shape index (κ3) is 10.1. The summed E-state index contributed by atoms with van der Waals surface area (Å²) in [5.74, 6) is -0.0519. The molecule has 8 nitrogen and oxygen atoms in total. The van der Waals surface area contributed by atoms with Crippen molar-refractivity contribution in [1.29, 1.82) is 0 Å². The fourth-order valence-electron chi connectivity index (χ4n) is 7.34. The van der Waals surface area contributed by atoms with Crippen LogP contribution in [-0.4, -0.2) is 101 Å². The van der Waals surface area contributed by atoms with E-state index in [4.69, 9.17) is 4.74 Å². The maximum Gasteiger partial charge on any atom is 0.305 e. The highest BCUT2D eigenvalue weighted by atomic mass is 19.1. The molecule has 49 heavy (non-hydrogen) atoms. The second-order valence-corrected chi connectivity index (χ2v) is 13.7. The fraction of sp³-hybridized carbons (Fsp3) is 0.500.